The first-order valence-corrected chi connectivity index (χ1v) is 8.49. The van der Waals surface area contributed by atoms with Crippen LogP contribution in [0, 0.1) is 10.1 Å². The highest BCUT2D eigenvalue weighted by atomic mass is 16.6. The molecule has 0 unspecified atom stereocenters. The summed E-state index contributed by atoms with van der Waals surface area (Å²) in [6.07, 6.45) is 0.354. The molecule has 0 saturated carbocycles. The van der Waals surface area contributed by atoms with E-state index in [2.05, 4.69) is 5.32 Å². The van der Waals surface area contributed by atoms with Gasteiger partial charge in [-0.1, -0.05) is 0 Å². The molecule has 2 N–H and O–H groups in total. The summed E-state index contributed by atoms with van der Waals surface area (Å²) in [5.41, 5.74) is 0.332. The number of anilines is 1. The van der Waals surface area contributed by atoms with Crippen LogP contribution >= 0.6 is 0 Å². The van der Waals surface area contributed by atoms with E-state index in [4.69, 9.17) is 13.9 Å². The monoisotopic (exact) mass is 398 g/mol. The Morgan fingerprint density at radius 2 is 1.93 bits per heavy atom. The number of nitro benzene ring substituents is 1. The molecule has 3 aromatic rings. The number of carbonyl (C=O) groups excluding carboxylic acids is 1. The molecule has 9 nitrogen and oxygen atoms in total. The Morgan fingerprint density at radius 1 is 1.14 bits per heavy atom. The molecule has 1 heterocycles. The predicted octanol–water partition coefficient (Wildman–Crippen LogP) is 3.75. The quantitative estimate of drug-likeness (QED) is 0.353. The molecule has 0 saturated heterocycles. The zero-order chi connectivity index (χ0) is 21.0. The van der Waals surface area contributed by atoms with Crippen molar-refractivity contribution in [1.82, 2.24) is 0 Å². The largest absolute Gasteiger partial charge is 0.508 e. The Bertz CT molecular complexity index is 1060. The van der Waals surface area contributed by atoms with Gasteiger partial charge >= 0.3 is 0 Å². The third-order valence-corrected chi connectivity index (χ3v) is 4.16. The number of methoxy groups -OCH3 is 2. The lowest BCUT2D eigenvalue weighted by Gasteiger charge is -2.09. The molecule has 150 valence electrons. The van der Waals surface area contributed by atoms with Gasteiger partial charge in [0, 0.05) is 12.0 Å². The molecule has 3 rings (SSSR count). The fraction of sp³-hybridized carbons (Fsp3) is 0.150. The van der Waals surface area contributed by atoms with Crippen molar-refractivity contribution in [3.05, 3.63) is 75.7 Å². The van der Waals surface area contributed by atoms with Crippen LogP contribution in [-0.4, -0.2) is 30.2 Å². The van der Waals surface area contributed by atoms with Crippen molar-refractivity contribution in [1.29, 1.82) is 0 Å². The van der Waals surface area contributed by atoms with E-state index in [1.165, 1.54) is 18.2 Å². The number of nitrogens with one attached hydrogen (secondary N) is 1. The second kappa shape index (κ2) is 8.34. The number of phenols is 1. The van der Waals surface area contributed by atoms with Crippen LogP contribution in [0.5, 0.6) is 17.2 Å². The van der Waals surface area contributed by atoms with Crippen LogP contribution in [0.1, 0.15) is 21.9 Å². The summed E-state index contributed by atoms with van der Waals surface area (Å²) >= 11 is 0. The Balaban J connectivity index is 1.79. The van der Waals surface area contributed by atoms with Gasteiger partial charge in [-0.2, -0.15) is 0 Å². The highest BCUT2D eigenvalue weighted by molar-refractivity contribution is 6.03. The molecule has 1 amide bonds. The maximum atomic E-state index is 12.4. The smallest absolute Gasteiger partial charge is 0.296 e. The predicted molar refractivity (Wildman–Crippen MR) is 104 cm³/mol. The molecule has 1 aromatic heterocycles. The molecule has 0 aliphatic rings. The van der Waals surface area contributed by atoms with Gasteiger partial charge in [0.15, 0.2) is 5.76 Å². The summed E-state index contributed by atoms with van der Waals surface area (Å²) in [6.45, 7) is 0. The standard InChI is InChI=1S/C20H18N2O7/c1-27-14-4-7-18(28-2)12(9-14)10-15-5-8-19(29-15)20(24)21-16-6-3-13(23)11-17(16)22(25)26/h3-9,11,23H,10H2,1-2H3,(H,21,24). The van der Waals surface area contributed by atoms with Crippen molar-refractivity contribution in [2.75, 3.05) is 19.5 Å². The average Bonchev–Trinajstić information content (AvgIpc) is 3.17. The second-order valence-electron chi connectivity index (χ2n) is 6.03. The third-order valence-electron chi connectivity index (χ3n) is 4.16. The van der Waals surface area contributed by atoms with E-state index in [0.29, 0.717) is 23.7 Å². The van der Waals surface area contributed by atoms with Crippen molar-refractivity contribution >= 4 is 17.3 Å². The summed E-state index contributed by atoms with van der Waals surface area (Å²) < 4.78 is 16.1. The van der Waals surface area contributed by atoms with Crippen LogP contribution in [0.2, 0.25) is 0 Å². The van der Waals surface area contributed by atoms with E-state index in [-0.39, 0.29) is 17.2 Å². The fourth-order valence-corrected chi connectivity index (χ4v) is 2.76. The van der Waals surface area contributed by atoms with Crippen molar-refractivity contribution in [2.24, 2.45) is 0 Å². The number of rotatable bonds is 7. The minimum absolute atomic E-state index is 0.00997. The number of phenolic OH excluding ortho intramolecular Hbond substituents is 1. The first-order valence-electron chi connectivity index (χ1n) is 8.49. The number of furan rings is 1. The molecule has 0 radical (unpaired) electrons. The van der Waals surface area contributed by atoms with E-state index >= 15 is 0 Å². The molecule has 0 fully saturated rings. The number of nitro groups is 1. The minimum atomic E-state index is -0.696. The van der Waals surface area contributed by atoms with Gasteiger partial charge < -0.3 is 24.3 Å². The van der Waals surface area contributed by atoms with Crippen molar-refractivity contribution in [3.8, 4) is 17.2 Å². The molecule has 0 atom stereocenters. The van der Waals surface area contributed by atoms with Gasteiger partial charge in [0.2, 0.25) is 0 Å². The average molecular weight is 398 g/mol. The summed E-state index contributed by atoms with van der Waals surface area (Å²) in [5.74, 6) is 0.869. The maximum absolute atomic E-state index is 12.4. The highest BCUT2D eigenvalue weighted by Crippen LogP contribution is 2.30. The first-order chi connectivity index (χ1) is 13.9. The van der Waals surface area contributed by atoms with Crippen molar-refractivity contribution in [2.45, 2.75) is 6.42 Å². The van der Waals surface area contributed by atoms with E-state index in [0.717, 1.165) is 11.6 Å². The fourth-order valence-electron chi connectivity index (χ4n) is 2.76. The molecule has 0 bridgehead atoms. The number of benzene rings is 2. The van der Waals surface area contributed by atoms with Crippen LogP contribution in [-0.2, 0) is 6.42 Å². The van der Waals surface area contributed by atoms with E-state index in [1.54, 1.807) is 38.5 Å². The van der Waals surface area contributed by atoms with Gasteiger partial charge in [0.1, 0.15) is 28.7 Å². The SMILES string of the molecule is COc1ccc(OC)c(Cc2ccc(C(=O)Nc3ccc(O)cc3[N+](=O)[O-])o2)c1. The number of carbonyl (C=O) groups is 1. The van der Waals surface area contributed by atoms with Gasteiger partial charge in [0.05, 0.1) is 25.2 Å². The number of nitrogens with zero attached hydrogens (tertiary/aromatic N) is 1. The summed E-state index contributed by atoms with van der Waals surface area (Å²) in [4.78, 5) is 22.8. The maximum Gasteiger partial charge on any atom is 0.296 e. The van der Waals surface area contributed by atoms with Crippen molar-refractivity contribution in [3.63, 3.8) is 0 Å². The molecule has 2 aromatic carbocycles. The third kappa shape index (κ3) is 4.46. The lowest BCUT2D eigenvalue weighted by molar-refractivity contribution is -0.384. The van der Waals surface area contributed by atoms with Gasteiger partial charge in [-0.3, -0.25) is 14.9 Å². The zero-order valence-electron chi connectivity index (χ0n) is 15.7. The lowest BCUT2D eigenvalue weighted by Crippen LogP contribution is -2.12. The van der Waals surface area contributed by atoms with Crippen molar-refractivity contribution < 1.29 is 28.7 Å². The first kappa shape index (κ1) is 19.7. The number of ether oxygens (including phenoxy) is 2. The number of hydrogen-bond donors (Lipinski definition) is 2. The number of hydrogen-bond acceptors (Lipinski definition) is 7. The summed E-state index contributed by atoms with van der Waals surface area (Å²) in [6, 6.07) is 11.9. The Kier molecular flexibility index (Phi) is 5.68. The topological polar surface area (TPSA) is 124 Å². The van der Waals surface area contributed by atoms with E-state index in [9.17, 15) is 20.0 Å². The van der Waals surface area contributed by atoms with Gasteiger partial charge in [-0.25, -0.2) is 0 Å². The van der Waals surface area contributed by atoms with Crippen LogP contribution in [0.4, 0.5) is 11.4 Å². The van der Waals surface area contributed by atoms with E-state index in [1.807, 2.05) is 0 Å². The van der Waals surface area contributed by atoms with Crippen LogP contribution < -0.4 is 14.8 Å². The summed E-state index contributed by atoms with van der Waals surface area (Å²) in [7, 11) is 3.11. The van der Waals surface area contributed by atoms with Crippen LogP contribution in [0.25, 0.3) is 0 Å². The Labute approximate surface area is 165 Å². The van der Waals surface area contributed by atoms with Crippen LogP contribution in [0.3, 0.4) is 0 Å². The highest BCUT2D eigenvalue weighted by Gasteiger charge is 2.19. The molecule has 0 aliphatic carbocycles. The zero-order valence-corrected chi connectivity index (χ0v) is 15.7. The van der Waals surface area contributed by atoms with Gasteiger partial charge in [-0.15, -0.1) is 0 Å². The molecular weight excluding hydrogens is 380 g/mol. The van der Waals surface area contributed by atoms with Crippen LogP contribution in [0.15, 0.2) is 52.9 Å². The van der Waals surface area contributed by atoms with Gasteiger partial charge in [-0.05, 0) is 42.5 Å². The Morgan fingerprint density at radius 3 is 2.62 bits per heavy atom. The molecule has 0 spiro atoms. The Hall–Kier alpha value is -4.01. The minimum Gasteiger partial charge on any atom is -0.508 e. The lowest BCUT2D eigenvalue weighted by atomic mass is 10.1. The summed E-state index contributed by atoms with van der Waals surface area (Å²) in [5, 5.41) is 22.9. The molecule has 0 aliphatic heterocycles. The molecule has 29 heavy (non-hydrogen) atoms. The van der Waals surface area contributed by atoms with E-state index < -0.39 is 16.5 Å². The molecule has 9 heteroatoms. The van der Waals surface area contributed by atoms with Gasteiger partial charge in [0.25, 0.3) is 11.6 Å². The number of amides is 1. The molecular formula is C20H18N2O7. The second-order valence-corrected chi connectivity index (χ2v) is 6.03. The number of aromatic hydroxyl groups is 1. The normalized spacial score (nSPS) is 10.4.